The molecule has 50 heavy (non-hydrogen) atoms. The number of fused-ring (bicyclic) bond motifs is 2. The second-order valence-corrected chi connectivity index (χ2v) is 14.1. The SMILES string of the molecule is COc1cc(C(=O)N2CC3CN(C(=O)Cc4c[nH]c5cc(Cl)ccc45)CC(C(=O)NCCCCc4cccc(O)c4)C3C2)ccc1OC(C)C. The van der Waals surface area contributed by atoms with E-state index in [1.807, 2.05) is 50.4 Å². The minimum absolute atomic E-state index is 0.0475. The van der Waals surface area contributed by atoms with Gasteiger partial charge in [-0.3, -0.25) is 14.4 Å². The molecule has 2 saturated heterocycles. The number of likely N-dealkylation sites (tertiary alicyclic amines) is 2. The van der Waals surface area contributed by atoms with E-state index in [1.165, 1.54) is 0 Å². The van der Waals surface area contributed by atoms with Crippen molar-refractivity contribution in [3.05, 3.63) is 88.6 Å². The number of ether oxygens (including phenoxy) is 2. The number of aromatic nitrogens is 1. The van der Waals surface area contributed by atoms with Crippen molar-refractivity contribution < 1.29 is 29.0 Å². The number of halogens is 1. The molecule has 0 saturated carbocycles. The van der Waals surface area contributed by atoms with Gasteiger partial charge in [0.05, 0.1) is 25.6 Å². The van der Waals surface area contributed by atoms with Gasteiger partial charge in [0.2, 0.25) is 11.8 Å². The smallest absolute Gasteiger partial charge is 0.254 e. The summed E-state index contributed by atoms with van der Waals surface area (Å²) in [5, 5.41) is 14.4. The summed E-state index contributed by atoms with van der Waals surface area (Å²) in [6.07, 6.45) is 4.41. The maximum Gasteiger partial charge on any atom is 0.254 e. The number of H-pyrrole nitrogens is 1. The number of aromatic hydroxyl groups is 1. The number of aryl methyl sites for hydroxylation is 1. The van der Waals surface area contributed by atoms with Crippen LogP contribution >= 0.6 is 11.6 Å². The highest BCUT2D eigenvalue weighted by Crippen LogP contribution is 2.37. The van der Waals surface area contributed by atoms with Gasteiger partial charge in [-0.1, -0.05) is 29.8 Å². The maximum atomic E-state index is 13.8. The zero-order valence-electron chi connectivity index (χ0n) is 28.8. The normalized spacial score (nSPS) is 18.7. The van der Waals surface area contributed by atoms with Crippen molar-refractivity contribution in [2.24, 2.45) is 17.8 Å². The molecule has 3 unspecified atom stereocenters. The van der Waals surface area contributed by atoms with Crippen LogP contribution in [0.2, 0.25) is 5.02 Å². The molecular formula is C39H45ClN4O6. The Labute approximate surface area is 297 Å². The standard InChI is InChI=1S/C39H45ClN4O6/c1-24(2)50-35-13-10-26(16-36(35)49-3)39(48)44-21-28-20-43(37(46)17-27-19-42-34-18-29(40)11-12-31(27)34)23-33(32(28)22-44)38(47)41-14-5-4-7-25-8-6-9-30(45)15-25/h6,8-13,15-16,18-19,24,28,32-33,42,45H,4-5,7,14,17,20-23H2,1-3H3,(H,41,47). The first-order chi connectivity index (χ1) is 24.1. The summed E-state index contributed by atoms with van der Waals surface area (Å²) in [7, 11) is 1.55. The molecule has 2 fully saturated rings. The molecule has 11 heteroatoms. The van der Waals surface area contributed by atoms with Crippen LogP contribution in [0.1, 0.15) is 48.2 Å². The van der Waals surface area contributed by atoms with Crippen LogP contribution in [0, 0.1) is 17.8 Å². The van der Waals surface area contributed by atoms with Gasteiger partial charge in [-0.25, -0.2) is 0 Å². The first kappa shape index (κ1) is 35.1. The van der Waals surface area contributed by atoms with Crippen LogP contribution in [0.15, 0.2) is 66.9 Å². The van der Waals surface area contributed by atoms with Gasteiger partial charge in [0.25, 0.3) is 5.91 Å². The zero-order valence-corrected chi connectivity index (χ0v) is 29.5. The summed E-state index contributed by atoms with van der Waals surface area (Å²) in [5.74, 6) is 0.410. The molecule has 0 bridgehead atoms. The lowest BCUT2D eigenvalue weighted by atomic mass is 9.79. The van der Waals surface area contributed by atoms with E-state index >= 15 is 0 Å². The molecule has 10 nitrogen and oxygen atoms in total. The van der Waals surface area contributed by atoms with Crippen LogP contribution in [0.25, 0.3) is 10.9 Å². The third-order valence-electron chi connectivity index (χ3n) is 9.80. The largest absolute Gasteiger partial charge is 0.508 e. The Balaban J connectivity index is 1.16. The summed E-state index contributed by atoms with van der Waals surface area (Å²) in [5.41, 5.74) is 3.27. The van der Waals surface area contributed by atoms with E-state index in [1.54, 1.807) is 47.2 Å². The predicted molar refractivity (Wildman–Crippen MR) is 193 cm³/mol. The number of phenols is 1. The second-order valence-electron chi connectivity index (χ2n) is 13.7. The maximum absolute atomic E-state index is 13.8. The van der Waals surface area contributed by atoms with E-state index in [2.05, 4.69) is 10.3 Å². The van der Waals surface area contributed by atoms with Crippen molar-refractivity contribution in [2.75, 3.05) is 39.8 Å². The minimum atomic E-state index is -0.459. The van der Waals surface area contributed by atoms with Gasteiger partial charge in [0.1, 0.15) is 5.75 Å². The number of carbonyl (C=O) groups excluding carboxylic acids is 3. The van der Waals surface area contributed by atoms with Crippen molar-refractivity contribution in [2.45, 2.75) is 45.6 Å². The molecule has 3 amide bonds. The fourth-order valence-corrected chi connectivity index (χ4v) is 7.52. The minimum Gasteiger partial charge on any atom is -0.508 e. The lowest BCUT2D eigenvalue weighted by molar-refractivity contribution is -0.138. The first-order valence-corrected chi connectivity index (χ1v) is 17.7. The van der Waals surface area contributed by atoms with E-state index in [0.717, 1.165) is 41.3 Å². The van der Waals surface area contributed by atoms with E-state index in [4.69, 9.17) is 21.1 Å². The Hall–Kier alpha value is -4.70. The number of piperidine rings is 1. The molecule has 3 N–H and O–H groups in total. The Morgan fingerprint density at radius 3 is 2.58 bits per heavy atom. The lowest BCUT2D eigenvalue weighted by Crippen LogP contribution is -2.53. The number of benzene rings is 3. The van der Waals surface area contributed by atoms with Gasteiger partial charge in [0.15, 0.2) is 11.5 Å². The van der Waals surface area contributed by atoms with E-state index < -0.39 is 5.92 Å². The summed E-state index contributed by atoms with van der Waals surface area (Å²) < 4.78 is 11.4. The number of hydrogen-bond acceptors (Lipinski definition) is 6. The average Bonchev–Trinajstić information content (AvgIpc) is 3.71. The molecule has 1 aromatic heterocycles. The Morgan fingerprint density at radius 1 is 0.980 bits per heavy atom. The van der Waals surface area contributed by atoms with Gasteiger partial charge < -0.3 is 34.7 Å². The molecule has 0 spiro atoms. The highest BCUT2D eigenvalue weighted by molar-refractivity contribution is 6.31. The highest BCUT2D eigenvalue weighted by Gasteiger charge is 2.47. The van der Waals surface area contributed by atoms with E-state index in [-0.39, 0.29) is 47.8 Å². The fraction of sp³-hybridized carbons (Fsp3) is 0.410. The first-order valence-electron chi connectivity index (χ1n) is 17.3. The van der Waals surface area contributed by atoms with Crippen molar-refractivity contribution >= 4 is 40.2 Å². The van der Waals surface area contributed by atoms with Gasteiger partial charge in [-0.05, 0) is 98.5 Å². The number of methoxy groups -OCH3 is 1. The molecule has 264 valence electrons. The second kappa shape index (κ2) is 15.5. The Morgan fingerprint density at radius 2 is 1.80 bits per heavy atom. The number of rotatable bonds is 12. The van der Waals surface area contributed by atoms with Crippen molar-refractivity contribution in [3.63, 3.8) is 0 Å². The van der Waals surface area contributed by atoms with E-state index in [9.17, 15) is 19.5 Å². The number of unbranched alkanes of at least 4 members (excludes halogenated alkanes) is 1. The summed E-state index contributed by atoms with van der Waals surface area (Å²) >= 11 is 6.17. The number of amides is 3. The van der Waals surface area contributed by atoms with Gasteiger partial charge in [-0.15, -0.1) is 0 Å². The predicted octanol–water partition coefficient (Wildman–Crippen LogP) is 5.85. The quantitative estimate of drug-likeness (QED) is 0.159. The Bertz CT molecular complexity index is 1860. The number of carbonyl (C=O) groups is 3. The summed E-state index contributed by atoms with van der Waals surface area (Å²) in [6, 6.07) is 18.0. The molecule has 0 aliphatic carbocycles. The molecule has 2 aliphatic rings. The number of nitrogens with zero attached hydrogens (tertiary/aromatic N) is 2. The van der Waals surface area contributed by atoms with E-state index in [0.29, 0.717) is 54.8 Å². The highest BCUT2D eigenvalue weighted by atomic mass is 35.5. The Kier molecular flexibility index (Phi) is 10.9. The van der Waals surface area contributed by atoms with Gasteiger partial charge in [0, 0.05) is 60.4 Å². The van der Waals surface area contributed by atoms with Gasteiger partial charge in [-0.2, -0.15) is 0 Å². The molecule has 3 heterocycles. The summed E-state index contributed by atoms with van der Waals surface area (Å²) in [4.78, 5) is 48.3. The zero-order chi connectivity index (χ0) is 35.4. The lowest BCUT2D eigenvalue weighted by Gasteiger charge is -2.39. The molecule has 0 radical (unpaired) electrons. The number of hydrogen-bond donors (Lipinski definition) is 3. The van der Waals surface area contributed by atoms with Crippen molar-refractivity contribution in [1.82, 2.24) is 20.1 Å². The average molecular weight is 701 g/mol. The molecule has 3 aromatic carbocycles. The third-order valence-corrected chi connectivity index (χ3v) is 10.0. The molecule has 6 rings (SSSR count). The summed E-state index contributed by atoms with van der Waals surface area (Å²) in [6.45, 7) is 6.00. The topological polar surface area (TPSA) is 124 Å². The number of nitrogens with one attached hydrogen (secondary N) is 2. The van der Waals surface area contributed by atoms with Crippen LogP contribution in [0.4, 0.5) is 0 Å². The van der Waals surface area contributed by atoms with Crippen molar-refractivity contribution in [1.29, 1.82) is 0 Å². The van der Waals surface area contributed by atoms with Gasteiger partial charge >= 0.3 is 0 Å². The monoisotopic (exact) mass is 700 g/mol. The van der Waals surface area contributed by atoms with Crippen molar-refractivity contribution in [3.8, 4) is 17.2 Å². The number of aromatic amines is 1. The molecule has 3 atom stereocenters. The number of phenolic OH excluding ortho intramolecular Hbond substituents is 1. The van der Waals surface area contributed by atoms with Crippen LogP contribution in [-0.4, -0.2) is 83.5 Å². The van der Waals surface area contributed by atoms with Crippen LogP contribution in [-0.2, 0) is 22.4 Å². The molecule has 2 aliphatic heterocycles. The fourth-order valence-electron chi connectivity index (χ4n) is 7.35. The molecular weight excluding hydrogens is 656 g/mol. The third kappa shape index (κ3) is 8.02. The van der Waals surface area contributed by atoms with Crippen LogP contribution in [0.3, 0.4) is 0 Å². The van der Waals surface area contributed by atoms with Crippen LogP contribution in [0.5, 0.6) is 17.2 Å². The molecule has 4 aromatic rings. The van der Waals surface area contributed by atoms with Crippen LogP contribution < -0.4 is 14.8 Å².